The van der Waals surface area contributed by atoms with E-state index in [4.69, 9.17) is 23.2 Å². The van der Waals surface area contributed by atoms with Gasteiger partial charge >= 0.3 is 0 Å². The molecular weight excluding hydrogens is 368 g/mol. The van der Waals surface area contributed by atoms with E-state index in [1.165, 1.54) is 23.0 Å². The van der Waals surface area contributed by atoms with Crippen molar-refractivity contribution in [2.24, 2.45) is 0 Å². The van der Waals surface area contributed by atoms with Gasteiger partial charge < -0.3 is 5.32 Å². The molecule has 9 heteroatoms. The molecule has 0 radical (unpaired) electrons. The molecule has 6 nitrogen and oxygen atoms in total. The molecule has 130 valence electrons. The second-order valence-electron chi connectivity index (χ2n) is 5.40. The van der Waals surface area contributed by atoms with Gasteiger partial charge in [-0.25, -0.2) is 4.39 Å². The summed E-state index contributed by atoms with van der Waals surface area (Å²) in [4.78, 5) is 12.1. The number of hydrogen-bond acceptors (Lipinski definition) is 3. The van der Waals surface area contributed by atoms with Crippen molar-refractivity contribution in [3.05, 3.63) is 63.8 Å². The van der Waals surface area contributed by atoms with Crippen LogP contribution in [0.15, 0.2) is 36.7 Å². The largest absolute Gasteiger partial charge is 0.306 e. The number of nitrogens with zero attached hydrogens (tertiary/aromatic N) is 4. The summed E-state index contributed by atoms with van der Waals surface area (Å²) in [5.41, 5.74) is 1.16. The highest BCUT2D eigenvalue weighted by Gasteiger charge is 2.14. The van der Waals surface area contributed by atoms with Crippen LogP contribution in [-0.4, -0.2) is 25.5 Å². The van der Waals surface area contributed by atoms with Gasteiger partial charge in [0, 0.05) is 28.7 Å². The monoisotopic (exact) mass is 381 g/mol. The van der Waals surface area contributed by atoms with Gasteiger partial charge in [0.2, 0.25) is 5.91 Å². The average molecular weight is 382 g/mol. The number of anilines is 1. The number of benzene rings is 1. The van der Waals surface area contributed by atoms with Crippen LogP contribution in [0.4, 0.5) is 10.2 Å². The molecule has 1 N–H and O–H groups in total. The van der Waals surface area contributed by atoms with Crippen LogP contribution in [-0.2, 0) is 17.9 Å². The summed E-state index contributed by atoms with van der Waals surface area (Å²) < 4.78 is 16.8. The standard InChI is InChI=1S/C16H14Cl2FN5O/c1-10-5-6-20-24(10)9-15(25)21-16-13(18)8-23(22-16)7-11-12(17)3-2-4-14(11)19/h2-6,8H,7,9H2,1H3,(H,21,22,25). The van der Waals surface area contributed by atoms with Crippen molar-refractivity contribution in [3.63, 3.8) is 0 Å². The summed E-state index contributed by atoms with van der Waals surface area (Å²) in [6.45, 7) is 1.99. The van der Waals surface area contributed by atoms with Crippen molar-refractivity contribution < 1.29 is 9.18 Å². The van der Waals surface area contributed by atoms with Crippen LogP contribution < -0.4 is 5.32 Å². The van der Waals surface area contributed by atoms with E-state index < -0.39 is 5.82 Å². The zero-order valence-corrected chi connectivity index (χ0v) is 14.7. The molecule has 25 heavy (non-hydrogen) atoms. The lowest BCUT2D eigenvalue weighted by Gasteiger charge is -2.06. The summed E-state index contributed by atoms with van der Waals surface area (Å²) in [5.74, 6) is -0.550. The topological polar surface area (TPSA) is 64.7 Å². The number of carbonyl (C=O) groups is 1. The number of aromatic nitrogens is 4. The Kier molecular flexibility index (Phi) is 5.06. The van der Waals surface area contributed by atoms with Crippen LogP contribution in [0.1, 0.15) is 11.3 Å². The van der Waals surface area contributed by atoms with Crippen LogP contribution in [0.3, 0.4) is 0 Å². The number of amides is 1. The van der Waals surface area contributed by atoms with Crippen LogP contribution in [0.5, 0.6) is 0 Å². The van der Waals surface area contributed by atoms with Gasteiger partial charge in [-0.15, -0.1) is 0 Å². The van der Waals surface area contributed by atoms with Crippen molar-refractivity contribution in [2.75, 3.05) is 5.32 Å². The maximum absolute atomic E-state index is 13.9. The Morgan fingerprint density at radius 3 is 2.76 bits per heavy atom. The Bertz CT molecular complexity index is 901. The molecule has 0 spiro atoms. The number of hydrogen-bond donors (Lipinski definition) is 1. The fraction of sp³-hybridized carbons (Fsp3) is 0.188. The number of nitrogens with one attached hydrogen (secondary N) is 1. The normalized spacial score (nSPS) is 10.9. The van der Waals surface area contributed by atoms with E-state index in [2.05, 4.69) is 15.5 Å². The summed E-state index contributed by atoms with van der Waals surface area (Å²) in [7, 11) is 0. The van der Waals surface area contributed by atoms with Gasteiger partial charge in [0.1, 0.15) is 17.4 Å². The smallest absolute Gasteiger partial charge is 0.247 e. The zero-order valence-electron chi connectivity index (χ0n) is 13.2. The fourth-order valence-corrected chi connectivity index (χ4v) is 2.70. The lowest BCUT2D eigenvalue weighted by atomic mass is 10.2. The number of halogens is 3. The molecule has 0 unspecified atom stereocenters. The first-order valence-electron chi connectivity index (χ1n) is 7.38. The predicted molar refractivity (Wildman–Crippen MR) is 93.3 cm³/mol. The minimum Gasteiger partial charge on any atom is -0.306 e. The highest BCUT2D eigenvalue weighted by atomic mass is 35.5. The van der Waals surface area contributed by atoms with Crippen LogP contribution in [0.2, 0.25) is 10.0 Å². The third kappa shape index (κ3) is 4.00. The van der Waals surface area contributed by atoms with Crippen molar-refractivity contribution in [1.82, 2.24) is 19.6 Å². The van der Waals surface area contributed by atoms with E-state index in [0.717, 1.165) is 5.69 Å². The molecule has 3 rings (SSSR count). The highest BCUT2D eigenvalue weighted by Crippen LogP contribution is 2.23. The highest BCUT2D eigenvalue weighted by molar-refractivity contribution is 6.33. The maximum atomic E-state index is 13.9. The van der Waals surface area contributed by atoms with Gasteiger partial charge in [0.15, 0.2) is 5.82 Å². The molecule has 1 amide bonds. The molecule has 0 aliphatic carbocycles. The van der Waals surface area contributed by atoms with Gasteiger partial charge in [0.05, 0.1) is 6.54 Å². The molecule has 0 fully saturated rings. The molecule has 1 aromatic carbocycles. The zero-order chi connectivity index (χ0) is 18.0. The first-order chi connectivity index (χ1) is 11.9. The van der Waals surface area contributed by atoms with Crippen molar-refractivity contribution in [3.8, 4) is 0 Å². The van der Waals surface area contributed by atoms with Crippen LogP contribution in [0.25, 0.3) is 0 Å². The maximum Gasteiger partial charge on any atom is 0.247 e. The molecule has 0 aliphatic heterocycles. The van der Waals surface area contributed by atoms with Crippen molar-refractivity contribution >= 4 is 34.9 Å². The quantitative estimate of drug-likeness (QED) is 0.735. The first-order valence-corrected chi connectivity index (χ1v) is 8.13. The third-order valence-corrected chi connectivity index (χ3v) is 4.21. The van der Waals surface area contributed by atoms with E-state index in [-0.39, 0.29) is 29.8 Å². The molecule has 3 aromatic rings. The van der Waals surface area contributed by atoms with E-state index >= 15 is 0 Å². The van der Waals surface area contributed by atoms with Gasteiger partial charge in [-0.3, -0.25) is 14.2 Å². The SMILES string of the molecule is Cc1ccnn1CC(=O)Nc1nn(Cc2c(F)cccc2Cl)cc1Cl. The van der Waals surface area contributed by atoms with Gasteiger partial charge in [-0.05, 0) is 25.1 Å². The summed E-state index contributed by atoms with van der Waals surface area (Å²) in [5, 5.41) is 11.4. The molecule has 2 heterocycles. The lowest BCUT2D eigenvalue weighted by Crippen LogP contribution is -2.20. The van der Waals surface area contributed by atoms with E-state index in [1.807, 2.05) is 6.92 Å². The first kappa shape index (κ1) is 17.4. The average Bonchev–Trinajstić information content (AvgIpc) is 3.10. The summed E-state index contributed by atoms with van der Waals surface area (Å²) in [6, 6.07) is 6.24. The Morgan fingerprint density at radius 2 is 2.08 bits per heavy atom. The van der Waals surface area contributed by atoms with Crippen molar-refractivity contribution in [1.29, 1.82) is 0 Å². The summed E-state index contributed by atoms with van der Waals surface area (Å²) >= 11 is 12.1. The Balaban J connectivity index is 1.72. The van der Waals surface area contributed by atoms with Crippen LogP contribution >= 0.6 is 23.2 Å². The summed E-state index contributed by atoms with van der Waals surface area (Å²) in [6.07, 6.45) is 3.11. The number of rotatable bonds is 5. The van der Waals surface area contributed by atoms with E-state index in [1.54, 1.807) is 23.0 Å². The molecule has 0 atom stereocenters. The molecule has 0 aliphatic rings. The predicted octanol–water partition coefficient (Wildman–Crippen LogP) is 3.52. The minimum atomic E-state index is -0.432. The lowest BCUT2D eigenvalue weighted by molar-refractivity contribution is -0.117. The minimum absolute atomic E-state index is 0.0428. The number of aryl methyl sites for hydroxylation is 1. The second kappa shape index (κ2) is 7.25. The fourth-order valence-electron chi connectivity index (χ4n) is 2.28. The van der Waals surface area contributed by atoms with Gasteiger partial charge in [-0.1, -0.05) is 29.3 Å². The Labute approximate surface area is 153 Å². The number of carbonyl (C=O) groups excluding carboxylic acids is 1. The molecule has 0 bridgehead atoms. The molecule has 0 saturated heterocycles. The Morgan fingerprint density at radius 1 is 1.28 bits per heavy atom. The van der Waals surface area contributed by atoms with E-state index in [9.17, 15) is 9.18 Å². The van der Waals surface area contributed by atoms with Crippen molar-refractivity contribution in [2.45, 2.75) is 20.0 Å². The van der Waals surface area contributed by atoms with Gasteiger partial charge in [0.25, 0.3) is 0 Å². The van der Waals surface area contributed by atoms with E-state index in [0.29, 0.717) is 10.6 Å². The molecular formula is C16H14Cl2FN5O. The van der Waals surface area contributed by atoms with Gasteiger partial charge in [-0.2, -0.15) is 10.2 Å². The molecule has 0 saturated carbocycles. The molecule has 2 aromatic heterocycles. The van der Waals surface area contributed by atoms with Crippen LogP contribution in [0, 0.1) is 12.7 Å². The third-order valence-electron chi connectivity index (χ3n) is 3.58. The Hall–Kier alpha value is -2.38. The second-order valence-corrected chi connectivity index (χ2v) is 6.22.